The Bertz CT molecular complexity index is 606. The monoisotopic (exact) mass is 334 g/mol. The van der Waals surface area contributed by atoms with E-state index in [0.717, 1.165) is 0 Å². The number of nitrogens with two attached hydrogens (primary N) is 1. The summed E-state index contributed by atoms with van der Waals surface area (Å²) < 4.78 is 38.1. The van der Waals surface area contributed by atoms with Crippen LogP contribution in [0.2, 0.25) is 5.02 Å². The highest BCUT2D eigenvalue weighted by molar-refractivity contribution is 7.89. The molecule has 3 N–H and O–H groups in total. The molecule has 3 unspecified atom stereocenters. The summed E-state index contributed by atoms with van der Waals surface area (Å²) in [6.07, 6.45) is 0.441. The maximum absolute atomic E-state index is 12.5. The average molecular weight is 335 g/mol. The second-order valence-electron chi connectivity index (χ2n) is 4.84. The third-order valence-electron chi connectivity index (χ3n) is 3.45. The molecule has 6 nitrogen and oxygen atoms in total. The SMILES string of the molecule is CCOC1CC(N)C1NS(=O)(=O)c1ccc(Cl)cc1OC. The number of methoxy groups -OCH3 is 1. The van der Waals surface area contributed by atoms with Crippen LogP contribution in [0.1, 0.15) is 13.3 Å². The van der Waals surface area contributed by atoms with Crippen LogP contribution in [0.4, 0.5) is 0 Å². The largest absolute Gasteiger partial charge is 0.495 e. The van der Waals surface area contributed by atoms with Crippen molar-refractivity contribution in [1.29, 1.82) is 0 Å². The molecule has 118 valence electrons. The van der Waals surface area contributed by atoms with Gasteiger partial charge in [-0.05, 0) is 25.5 Å². The number of sulfonamides is 1. The molecule has 1 aromatic carbocycles. The Kier molecular flexibility index (Phi) is 5.11. The van der Waals surface area contributed by atoms with Gasteiger partial charge < -0.3 is 15.2 Å². The predicted molar refractivity (Wildman–Crippen MR) is 80.1 cm³/mol. The minimum Gasteiger partial charge on any atom is -0.495 e. The van der Waals surface area contributed by atoms with Crippen molar-refractivity contribution in [3.8, 4) is 5.75 Å². The van der Waals surface area contributed by atoms with E-state index in [9.17, 15) is 8.42 Å². The molecular weight excluding hydrogens is 316 g/mol. The minimum absolute atomic E-state index is 0.0312. The zero-order valence-electron chi connectivity index (χ0n) is 11.9. The maximum atomic E-state index is 12.5. The normalized spacial score (nSPS) is 25.4. The van der Waals surface area contributed by atoms with E-state index >= 15 is 0 Å². The van der Waals surface area contributed by atoms with E-state index in [1.54, 1.807) is 0 Å². The molecule has 0 bridgehead atoms. The molecule has 2 rings (SSSR count). The number of nitrogens with one attached hydrogen (secondary N) is 1. The summed E-state index contributed by atoms with van der Waals surface area (Å²) in [6, 6.07) is 3.67. The lowest BCUT2D eigenvalue weighted by Gasteiger charge is -2.42. The molecule has 1 saturated carbocycles. The molecule has 0 aromatic heterocycles. The number of hydrogen-bond donors (Lipinski definition) is 2. The fourth-order valence-corrected chi connectivity index (χ4v) is 3.92. The lowest BCUT2D eigenvalue weighted by atomic mass is 9.84. The van der Waals surface area contributed by atoms with Crippen LogP contribution >= 0.6 is 11.6 Å². The fraction of sp³-hybridized carbons (Fsp3) is 0.538. The van der Waals surface area contributed by atoms with E-state index in [0.29, 0.717) is 18.1 Å². The van der Waals surface area contributed by atoms with Gasteiger partial charge in [0.25, 0.3) is 0 Å². The van der Waals surface area contributed by atoms with Gasteiger partial charge in [0.1, 0.15) is 10.6 Å². The summed E-state index contributed by atoms with van der Waals surface area (Å²) in [6.45, 7) is 2.37. The summed E-state index contributed by atoms with van der Waals surface area (Å²) in [4.78, 5) is 0.0312. The first-order valence-corrected chi connectivity index (χ1v) is 8.48. The summed E-state index contributed by atoms with van der Waals surface area (Å²) in [5.41, 5.74) is 5.86. The second-order valence-corrected chi connectivity index (χ2v) is 6.95. The van der Waals surface area contributed by atoms with E-state index in [1.807, 2.05) is 6.92 Å². The predicted octanol–water partition coefficient (Wildman–Crippen LogP) is 1.13. The first kappa shape index (κ1) is 16.5. The third kappa shape index (κ3) is 3.49. The molecule has 0 amide bonds. The Labute approximate surface area is 129 Å². The van der Waals surface area contributed by atoms with Crippen molar-refractivity contribution in [3.05, 3.63) is 23.2 Å². The summed E-state index contributed by atoms with van der Waals surface area (Å²) >= 11 is 5.84. The summed E-state index contributed by atoms with van der Waals surface area (Å²) in [5.74, 6) is 0.191. The summed E-state index contributed by atoms with van der Waals surface area (Å²) in [5, 5.41) is 0.401. The van der Waals surface area contributed by atoms with Crippen molar-refractivity contribution in [2.75, 3.05) is 13.7 Å². The van der Waals surface area contributed by atoms with Gasteiger partial charge in [-0.3, -0.25) is 0 Å². The first-order chi connectivity index (χ1) is 9.89. The molecule has 0 aliphatic heterocycles. The first-order valence-electron chi connectivity index (χ1n) is 6.62. The minimum atomic E-state index is -3.76. The lowest BCUT2D eigenvalue weighted by Crippen LogP contribution is -2.64. The molecule has 0 saturated heterocycles. The fourth-order valence-electron chi connectivity index (χ4n) is 2.30. The number of hydrogen-bond acceptors (Lipinski definition) is 5. The van der Waals surface area contributed by atoms with Gasteiger partial charge in [0.2, 0.25) is 10.0 Å². The van der Waals surface area contributed by atoms with Crippen LogP contribution in [0, 0.1) is 0 Å². The van der Waals surface area contributed by atoms with E-state index in [4.69, 9.17) is 26.8 Å². The molecule has 21 heavy (non-hydrogen) atoms. The molecule has 0 spiro atoms. The highest BCUT2D eigenvalue weighted by Crippen LogP contribution is 2.29. The molecule has 3 atom stereocenters. The van der Waals surface area contributed by atoms with Gasteiger partial charge in [-0.15, -0.1) is 0 Å². The molecule has 0 radical (unpaired) electrons. The lowest BCUT2D eigenvalue weighted by molar-refractivity contribution is -0.0248. The van der Waals surface area contributed by atoms with Crippen molar-refractivity contribution in [3.63, 3.8) is 0 Å². The van der Waals surface area contributed by atoms with Crippen molar-refractivity contribution in [2.45, 2.75) is 36.4 Å². The van der Waals surface area contributed by atoms with Crippen molar-refractivity contribution in [1.82, 2.24) is 4.72 Å². The zero-order chi connectivity index (χ0) is 15.6. The molecule has 1 fully saturated rings. The van der Waals surface area contributed by atoms with Gasteiger partial charge in [-0.2, -0.15) is 0 Å². The Hall–Kier alpha value is -0.860. The highest BCUT2D eigenvalue weighted by Gasteiger charge is 2.42. The van der Waals surface area contributed by atoms with Crippen LogP contribution in [0.3, 0.4) is 0 Å². The van der Waals surface area contributed by atoms with Crippen LogP contribution < -0.4 is 15.2 Å². The van der Waals surface area contributed by atoms with Crippen LogP contribution in [-0.4, -0.2) is 40.3 Å². The number of halogens is 1. The Morgan fingerprint density at radius 1 is 1.48 bits per heavy atom. The standard InChI is InChI=1S/C13H19ClN2O4S/c1-3-20-11-7-9(15)13(11)16-21(17,18)12-5-4-8(14)6-10(12)19-2/h4-6,9,11,13,16H,3,7,15H2,1-2H3. The molecule has 8 heteroatoms. The van der Waals surface area contributed by atoms with E-state index < -0.39 is 16.1 Å². The number of ether oxygens (including phenoxy) is 2. The smallest absolute Gasteiger partial charge is 0.244 e. The second kappa shape index (κ2) is 6.50. The van der Waals surface area contributed by atoms with Crippen LogP contribution in [0.5, 0.6) is 5.75 Å². The van der Waals surface area contributed by atoms with Crippen molar-refractivity contribution >= 4 is 21.6 Å². The number of benzene rings is 1. The quantitative estimate of drug-likeness (QED) is 0.814. The van der Waals surface area contributed by atoms with Crippen molar-refractivity contribution < 1.29 is 17.9 Å². The van der Waals surface area contributed by atoms with Gasteiger partial charge >= 0.3 is 0 Å². The van der Waals surface area contributed by atoms with Crippen molar-refractivity contribution in [2.24, 2.45) is 5.73 Å². The van der Waals surface area contributed by atoms with Gasteiger partial charge in [-0.1, -0.05) is 11.6 Å². The third-order valence-corrected chi connectivity index (χ3v) is 5.19. The van der Waals surface area contributed by atoms with Crippen LogP contribution in [-0.2, 0) is 14.8 Å². The average Bonchev–Trinajstić information content (AvgIpc) is 2.44. The van der Waals surface area contributed by atoms with E-state index in [1.165, 1.54) is 25.3 Å². The zero-order valence-corrected chi connectivity index (χ0v) is 13.4. The molecule has 0 heterocycles. The van der Waals surface area contributed by atoms with Gasteiger partial charge in [0, 0.05) is 23.7 Å². The van der Waals surface area contributed by atoms with E-state index in [-0.39, 0.29) is 22.8 Å². The molecule has 1 aromatic rings. The maximum Gasteiger partial charge on any atom is 0.244 e. The molecular formula is C13H19ClN2O4S. The Balaban J connectivity index is 2.22. The van der Waals surface area contributed by atoms with Crippen LogP contribution in [0.25, 0.3) is 0 Å². The topological polar surface area (TPSA) is 90.6 Å². The van der Waals surface area contributed by atoms with Crippen LogP contribution in [0.15, 0.2) is 23.1 Å². The van der Waals surface area contributed by atoms with E-state index in [2.05, 4.69) is 4.72 Å². The van der Waals surface area contributed by atoms with Gasteiger partial charge in [-0.25, -0.2) is 13.1 Å². The van der Waals surface area contributed by atoms with Gasteiger partial charge in [0.15, 0.2) is 0 Å². The summed E-state index contributed by atoms with van der Waals surface area (Å²) in [7, 11) is -2.37. The molecule has 1 aliphatic rings. The highest BCUT2D eigenvalue weighted by atomic mass is 35.5. The van der Waals surface area contributed by atoms with Gasteiger partial charge in [0.05, 0.1) is 19.3 Å². The Morgan fingerprint density at radius 2 is 2.19 bits per heavy atom. The number of rotatable bonds is 6. The molecule has 1 aliphatic carbocycles. The Morgan fingerprint density at radius 3 is 2.76 bits per heavy atom.